The molecule has 0 spiro atoms. The first-order valence-electron chi connectivity index (χ1n) is 10.8. The molecule has 0 bridgehead atoms. The van der Waals surface area contributed by atoms with E-state index in [1.165, 1.54) is 0 Å². The number of hydrogen-bond acceptors (Lipinski definition) is 7. The number of carbonyl (C=O) groups is 1. The number of aromatic nitrogens is 1. The van der Waals surface area contributed by atoms with Crippen LogP contribution in [0, 0.1) is 0 Å². The van der Waals surface area contributed by atoms with Gasteiger partial charge in [0.25, 0.3) is 0 Å². The lowest BCUT2D eigenvalue weighted by atomic mass is 9.97. The second kappa shape index (κ2) is 10.6. The number of carbonyl (C=O) groups excluding carboxylic acids is 1. The molecule has 0 aliphatic heterocycles. The smallest absolute Gasteiger partial charge is 0.413 e. The van der Waals surface area contributed by atoms with Crippen LogP contribution in [0.1, 0.15) is 17.3 Å². The number of ether oxygens (including phenoxy) is 5. The number of hydrogen-bond donors (Lipinski definition) is 1. The third kappa shape index (κ3) is 5.06. The Kier molecular flexibility index (Phi) is 7.21. The molecule has 0 saturated carbocycles. The van der Waals surface area contributed by atoms with Gasteiger partial charge in [-0.15, -0.1) is 0 Å². The number of amides is 1. The molecule has 4 aromatic rings. The second-order valence-corrected chi connectivity index (χ2v) is 7.52. The van der Waals surface area contributed by atoms with Crippen molar-refractivity contribution in [3.63, 3.8) is 0 Å². The van der Waals surface area contributed by atoms with Crippen LogP contribution in [0.15, 0.2) is 72.9 Å². The molecule has 1 aromatic heterocycles. The Morgan fingerprint density at radius 2 is 1.43 bits per heavy atom. The highest BCUT2D eigenvalue weighted by molar-refractivity contribution is 5.89. The first kappa shape index (κ1) is 23.7. The average Bonchev–Trinajstić information content (AvgIpc) is 2.90. The Hall–Kier alpha value is -4.46. The van der Waals surface area contributed by atoms with Crippen LogP contribution >= 0.6 is 0 Å². The molecule has 0 fully saturated rings. The fraction of sp³-hybridized carbons (Fsp3) is 0.185. The van der Waals surface area contributed by atoms with Crippen molar-refractivity contribution < 1.29 is 28.5 Å². The van der Waals surface area contributed by atoms with E-state index in [1.807, 2.05) is 30.3 Å². The van der Waals surface area contributed by atoms with Gasteiger partial charge < -0.3 is 29.0 Å². The molecule has 0 aliphatic carbocycles. The maximum absolute atomic E-state index is 12.9. The van der Waals surface area contributed by atoms with Crippen molar-refractivity contribution in [1.82, 2.24) is 10.3 Å². The molecule has 1 amide bonds. The van der Waals surface area contributed by atoms with E-state index in [9.17, 15) is 4.79 Å². The lowest BCUT2D eigenvalue weighted by Crippen LogP contribution is -2.32. The number of benzene rings is 3. The molecule has 1 heterocycles. The Balaban J connectivity index is 1.83. The highest BCUT2D eigenvalue weighted by atomic mass is 16.6. The van der Waals surface area contributed by atoms with Crippen LogP contribution in [0.3, 0.4) is 0 Å². The molecule has 35 heavy (non-hydrogen) atoms. The largest absolute Gasteiger partial charge is 0.493 e. The molecule has 1 unspecified atom stereocenters. The number of nitrogens with one attached hydrogen (secondary N) is 1. The zero-order chi connectivity index (χ0) is 24.8. The van der Waals surface area contributed by atoms with Crippen molar-refractivity contribution >= 4 is 16.9 Å². The number of fused-ring (bicyclic) bond motifs is 1. The van der Waals surface area contributed by atoms with Gasteiger partial charge in [0.1, 0.15) is 11.8 Å². The summed E-state index contributed by atoms with van der Waals surface area (Å²) in [6.07, 6.45) is 1.05. The lowest BCUT2D eigenvalue weighted by Gasteiger charge is -2.22. The summed E-state index contributed by atoms with van der Waals surface area (Å²) in [5.41, 5.74) is 1.32. The Labute approximate surface area is 203 Å². The number of para-hydroxylation sites is 1. The third-order valence-electron chi connectivity index (χ3n) is 5.53. The molecular formula is C27H26N2O6. The number of pyridine rings is 1. The molecule has 3 aromatic carbocycles. The van der Waals surface area contributed by atoms with Gasteiger partial charge in [-0.05, 0) is 53.4 Å². The summed E-state index contributed by atoms with van der Waals surface area (Å²) in [7, 11) is 6.28. The van der Waals surface area contributed by atoms with Gasteiger partial charge in [0, 0.05) is 11.6 Å². The minimum absolute atomic E-state index is 0.424. The summed E-state index contributed by atoms with van der Waals surface area (Å²) in [4.78, 5) is 17.6. The Morgan fingerprint density at radius 1 is 0.771 bits per heavy atom. The number of methoxy groups -OCH3 is 4. The zero-order valence-corrected chi connectivity index (χ0v) is 19.9. The molecule has 0 radical (unpaired) electrons. The van der Waals surface area contributed by atoms with Crippen LogP contribution in [0.2, 0.25) is 0 Å². The van der Waals surface area contributed by atoms with E-state index in [2.05, 4.69) is 10.3 Å². The van der Waals surface area contributed by atoms with Gasteiger partial charge in [0.2, 0.25) is 0 Å². The van der Waals surface area contributed by atoms with Crippen molar-refractivity contribution in [3.05, 3.63) is 84.2 Å². The van der Waals surface area contributed by atoms with Gasteiger partial charge in [-0.1, -0.05) is 24.3 Å². The summed E-state index contributed by atoms with van der Waals surface area (Å²) in [5.74, 6) is 2.66. The minimum atomic E-state index is -0.673. The Bertz CT molecular complexity index is 1330. The SMILES string of the molecule is COc1ccc(C(NC(=O)Oc2ccccc2)c2nccc3cc(OC)c(OC)cc23)cc1OC. The maximum atomic E-state index is 12.9. The summed E-state index contributed by atoms with van der Waals surface area (Å²) in [5, 5.41) is 4.61. The standard InChI is InChI=1S/C27H26N2O6/c1-31-21-11-10-18(15-22(21)32-2)25(29-27(30)35-19-8-6-5-7-9-19)26-20-16-24(34-4)23(33-3)14-17(20)12-13-28-26/h5-16,25H,1-4H3,(H,29,30). The van der Waals surface area contributed by atoms with E-state index in [4.69, 9.17) is 23.7 Å². The summed E-state index contributed by atoms with van der Waals surface area (Å²) in [6, 6.07) is 19.2. The van der Waals surface area contributed by atoms with Crippen molar-refractivity contribution in [2.75, 3.05) is 28.4 Å². The van der Waals surface area contributed by atoms with Gasteiger partial charge in [-0.3, -0.25) is 4.98 Å². The molecule has 0 saturated heterocycles. The zero-order valence-electron chi connectivity index (χ0n) is 19.9. The number of rotatable bonds is 8. The highest BCUT2D eigenvalue weighted by Crippen LogP contribution is 2.37. The van der Waals surface area contributed by atoms with E-state index in [0.29, 0.717) is 34.4 Å². The van der Waals surface area contributed by atoms with E-state index >= 15 is 0 Å². The topological polar surface area (TPSA) is 88.1 Å². The van der Waals surface area contributed by atoms with Crippen LogP contribution in [0.25, 0.3) is 10.8 Å². The number of nitrogens with zero attached hydrogens (tertiary/aromatic N) is 1. The van der Waals surface area contributed by atoms with Crippen molar-refractivity contribution in [2.24, 2.45) is 0 Å². The van der Waals surface area contributed by atoms with Crippen molar-refractivity contribution in [2.45, 2.75) is 6.04 Å². The normalized spacial score (nSPS) is 11.4. The minimum Gasteiger partial charge on any atom is -0.493 e. The fourth-order valence-corrected chi connectivity index (χ4v) is 3.84. The first-order chi connectivity index (χ1) is 17.1. The second-order valence-electron chi connectivity index (χ2n) is 7.52. The molecular weight excluding hydrogens is 448 g/mol. The van der Waals surface area contributed by atoms with E-state index in [1.54, 1.807) is 71.0 Å². The van der Waals surface area contributed by atoms with Gasteiger partial charge >= 0.3 is 6.09 Å². The molecule has 1 atom stereocenters. The predicted molar refractivity (Wildman–Crippen MR) is 132 cm³/mol. The van der Waals surface area contributed by atoms with E-state index < -0.39 is 12.1 Å². The van der Waals surface area contributed by atoms with Crippen molar-refractivity contribution in [3.8, 4) is 28.7 Å². The van der Waals surface area contributed by atoms with Gasteiger partial charge in [0.15, 0.2) is 23.0 Å². The molecule has 180 valence electrons. The first-order valence-corrected chi connectivity index (χ1v) is 10.8. The van der Waals surface area contributed by atoms with Crippen LogP contribution in [0.5, 0.6) is 28.7 Å². The molecule has 0 aliphatic rings. The molecule has 8 heteroatoms. The predicted octanol–water partition coefficient (Wildman–Crippen LogP) is 5.15. The van der Waals surface area contributed by atoms with E-state index in [-0.39, 0.29) is 0 Å². The van der Waals surface area contributed by atoms with Crippen LogP contribution in [-0.4, -0.2) is 39.5 Å². The summed E-state index contributed by atoms with van der Waals surface area (Å²) >= 11 is 0. The fourth-order valence-electron chi connectivity index (χ4n) is 3.84. The van der Waals surface area contributed by atoms with Gasteiger partial charge in [-0.25, -0.2) is 4.79 Å². The van der Waals surface area contributed by atoms with Crippen LogP contribution < -0.4 is 29.0 Å². The quantitative estimate of drug-likeness (QED) is 0.378. The van der Waals surface area contributed by atoms with E-state index in [0.717, 1.165) is 16.3 Å². The summed E-state index contributed by atoms with van der Waals surface area (Å²) in [6.45, 7) is 0. The average molecular weight is 475 g/mol. The van der Waals surface area contributed by atoms with Crippen LogP contribution in [0.4, 0.5) is 4.79 Å². The molecule has 4 rings (SSSR count). The van der Waals surface area contributed by atoms with Gasteiger partial charge in [-0.2, -0.15) is 0 Å². The van der Waals surface area contributed by atoms with Crippen molar-refractivity contribution in [1.29, 1.82) is 0 Å². The molecule has 8 nitrogen and oxygen atoms in total. The van der Waals surface area contributed by atoms with Crippen LogP contribution in [-0.2, 0) is 0 Å². The maximum Gasteiger partial charge on any atom is 0.413 e. The lowest BCUT2D eigenvalue weighted by molar-refractivity contribution is 0.197. The van der Waals surface area contributed by atoms with Gasteiger partial charge in [0.05, 0.1) is 34.1 Å². The monoisotopic (exact) mass is 474 g/mol. The molecule has 1 N–H and O–H groups in total. The Morgan fingerprint density at radius 3 is 2.11 bits per heavy atom. The third-order valence-corrected chi connectivity index (χ3v) is 5.53. The highest BCUT2D eigenvalue weighted by Gasteiger charge is 2.24. The summed E-state index contributed by atoms with van der Waals surface area (Å²) < 4.78 is 27.3.